The number of fused-ring (bicyclic) bond motifs is 5. The van der Waals surface area contributed by atoms with Gasteiger partial charge < -0.3 is 35.6 Å². The number of benzene rings is 3. The van der Waals surface area contributed by atoms with E-state index in [1.54, 1.807) is 0 Å². The maximum absolute atomic E-state index is 13.3. The van der Waals surface area contributed by atoms with Crippen LogP contribution in [0.25, 0.3) is 44.7 Å². The van der Waals surface area contributed by atoms with E-state index in [1.165, 1.54) is 0 Å². The zero-order chi connectivity index (χ0) is 38.7. The number of nitrogens with two attached hydrogens (primary N) is 2. The minimum atomic E-state index is -0.520. The number of aromatic amines is 2. The molecule has 0 spiro atoms. The topological polar surface area (TPSA) is 147 Å². The van der Waals surface area contributed by atoms with Crippen LogP contribution in [0.3, 0.4) is 0 Å². The van der Waals surface area contributed by atoms with Gasteiger partial charge in [-0.3, -0.25) is 9.69 Å². The lowest BCUT2D eigenvalue weighted by Crippen LogP contribution is -2.46. The number of likely N-dealkylation sites (tertiary alicyclic amines) is 2. The molecule has 1 amide bonds. The molecule has 290 valence electrons. The molecule has 6 heterocycles. The molecule has 0 aliphatic carbocycles. The fraction of sp³-hybridized carbons (Fsp3) is 0.400. The molecule has 3 aliphatic heterocycles. The SMILES string of the molecule is CC(C)C(N)CN1CCCC1c1ncc(-c2ccc3c(c2)-c2cc4ccc(-c5cnc(C6CCCN6C(=O)C(N)C(C)C)[nH]5)cc4n2C(c2ccccc2)O3)[nH]1. The third-order valence-corrected chi connectivity index (χ3v) is 12.3. The first-order valence-electron chi connectivity index (χ1n) is 20.3. The monoisotopic (exact) mass is 751 g/mol. The van der Waals surface area contributed by atoms with Crippen LogP contribution in [0, 0.1) is 11.8 Å². The number of ether oxygens (including phenoxy) is 1. The van der Waals surface area contributed by atoms with Crippen molar-refractivity contribution in [3.05, 3.63) is 102 Å². The molecule has 11 heteroatoms. The van der Waals surface area contributed by atoms with Crippen LogP contribution in [0.4, 0.5) is 0 Å². The average Bonchev–Trinajstić information content (AvgIpc) is 4.06. The van der Waals surface area contributed by atoms with Crippen molar-refractivity contribution < 1.29 is 9.53 Å². The normalized spacial score (nSPS) is 20.8. The molecule has 6 aromatic rings. The predicted octanol–water partition coefficient (Wildman–Crippen LogP) is 7.79. The van der Waals surface area contributed by atoms with Gasteiger partial charge in [-0.2, -0.15) is 0 Å². The van der Waals surface area contributed by atoms with Crippen molar-refractivity contribution in [3.8, 4) is 39.5 Å². The van der Waals surface area contributed by atoms with Crippen LogP contribution in [-0.4, -0.2) is 71.9 Å². The lowest BCUT2D eigenvalue weighted by atomic mass is 10.0. The molecule has 3 aliphatic rings. The second-order valence-corrected chi connectivity index (χ2v) is 16.6. The summed E-state index contributed by atoms with van der Waals surface area (Å²) in [6.07, 6.45) is 7.50. The first kappa shape index (κ1) is 36.4. The van der Waals surface area contributed by atoms with Gasteiger partial charge in [-0.05, 0) is 74.4 Å². The van der Waals surface area contributed by atoms with Gasteiger partial charge in [-0.25, -0.2) is 9.97 Å². The van der Waals surface area contributed by atoms with Crippen molar-refractivity contribution in [2.45, 2.75) is 83.8 Å². The van der Waals surface area contributed by atoms with Gasteiger partial charge in [0.05, 0.1) is 53.1 Å². The van der Waals surface area contributed by atoms with Crippen molar-refractivity contribution in [1.82, 2.24) is 34.3 Å². The van der Waals surface area contributed by atoms with E-state index in [9.17, 15) is 4.79 Å². The number of aromatic nitrogens is 5. The Morgan fingerprint density at radius 1 is 0.821 bits per heavy atom. The second-order valence-electron chi connectivity index (χ2n) is 16.6. The van der Waals surface area contributed by atoms with Gasteiger partial charge >= 0.3 is 0 Å². The summed E-state index contributed by atoms with van der Waals surface area (Å²) >= 11 is 0. The van der Waals surface area contributed by atoms with E-state index in [2.05, 4.69) is 100 Å². The van der Waals surface area contributed by atoms with Crippen LogP contribution in [0.15, 0.2) is 85.2 Å². The number of imidazole rings is 2. The Balaban J connectivity index is 1.06. The van der Waals surface area contributed by atoms with Crippen molar-refractivity contribution >= 4 is 16.8 Å². The Kier molecular flexibility index (Phi) is 9.55. The lowest BCUT2D eigenvalue weighted by molar-refractivity contribution is -0.134. The smallest absolute Gasteiger partial charge is 0.240 e. The highest BCUT2D eigenvalue weighted by Gasteiger charge is 2.36. The van der Waals surface area contributed by atoms with E-state index in [0.29, 0.717) is 12.5 Å². The standard InChI is InChI=1S/C45H53N9O2/c1-26(2)33(46)25-52-18-8-12-36(52)42-48-23-34(50-42)29-16-17-40-32(20-29)39-22-31-15-14-30(21-38(31)54(39)45(56-40)28-10-6-5-7-11-28)35-24-49-43(51-35)37-13-9-19-53(37)44(55)41(47)27(3)4/h5-7,10-11,14-17,20-24,26-27,33,36-37,41,45H,8-9,12-13,18-19,25,46-47H2,1-4H3,(H,48,50)(H,49,51). The van der Waals surface area contributed by atoms with E-state index in [-0.39, 0.29) is 36.2 Å². The number of hydrogen-bond donors (Lipinski definition) is 4. The van der Waals surface area contributed by atoms with Crippen molar-refractivity contribution in [2.24, 2.45) is 23.3 Å². The summed E-state index contributed by atoms with van der Waals surface area (Å²) in [6.45, 7) is 11.0. The highest BCUT2D eigenvalue weighted by molar-refractivity contribution is 5.92. The molecule has 0 radical (unpaired) electrons. The summed E-state index contributed by atoms with van der Waals surface area (Å²) in [4.78, 5) is 34.7. The van der Waals surface area contributed by atoms with Gasteiger partial charge in [0.25, 0.3) is 0 Å². The molecule has 11 nitrogen and oxygen atoms in total. The summed E-state index contributed by atoms with van der Waals surface area (Å²) in [7, 11) is 0. The molecule has 0 bridgehead atoms. The van der Waals surface area contributed by atoms with E-state index < -0.39 is 6.04 Å². The fourth-order valence-corrected chi connectivity index (χ4v) is 8.79. The molecule has 56 heavy (non-hydrogen) atoms. The molecule has 3 aromatic carbocycles. The van der Waals surface area contributed by atoms with E-state index in [0.717, 1.165) is 106 Å². The maximum atomic E-state index is 13.3. The Morgan fingerprint density at radius 3 is 2.23 bits per heavy atom. The van der Waals surface area contributed by atoms with Gasteiger partial charge in [-0.1, -0.05) is 70.2 Å². The number of carbonyl (C=O) groups excluding carboxylic acids is 1. The Bertz CT molecular complexity index is 2360. The number of rotatable bonds is 10. The number of amides is 1. The summed E-state index contributed by atoms with van der Waals surface area (Å²) < 4.78 is 9.21. The fourth-order valence-electron chi connectivity index (χ4n) is 8.79. The number of nitrogens with one attached hydrogen (secondary N) is 2. The Hall–Kier alpha value is -5.23. The highest BCUT2D eigenvalue weighted by atomic mass is 16.5. The molecule has 5 unspecified atom stereocenters. The first-order valence-corrected chi connectivity index (χ1v) is 20.3. The third-order valence-electron chi connectivity index (χ3n) is 12.3. The van der Waals surface area contributed by atoms with Crippen LogP contribution in [-0.2, 0) is 4.79 Å². The maximum Gasteiger partial charge on any atom is 0.240 e. The zero-order valence-electron chi connectivity index (χ0n) is 32.8. The molecule has 0 saturated carbocycles. The lowest BCUT2D eigenvalue weighted by Gasteiger charge is -2.30. The van der Waals surface area contributed by atoms with Crippen LogP contribution >= 0.6 is 0 Å². The van der Waals surface area contributed by atoms with Crippen LogP contribution in [0.1, 0.15) is 88.9 Å². The second kappa shape index (κ2) is 14.7. The van der Waals surface area contributed by atoms with Gasteiger partial charge in [0.1, 0.15) is 17.4 Å². The van der Waals surface area contributed by atoms with E-state index in [1.807, 2.05) is 37.2 Å². The molecule has 2 saturated heterocycles. The number of H-pyrrole nitrogens is 2. The largest absolute Gasteiger partial charge is 0.465 e. The summed E-state index contributed by atoms with van der Waals surface area (Å²) in [5.41, 5.74) is 21.0. The molecular formula is C45H53N9O2. The highest BCUT2D eigenvalue weighted by Crippen LogP contribution is 2.46. The molecular weight excluding hydrogens is 699 g/mol. The van der Waals surface area contributed by atoms with E-state index >= 15 is 0 Å². The summed E-state index contributed by atoms with van der Waals surface area (Å²) in [5.74, 6) is 3.14. The minimum absolute atomic E-state index is 0.00666. The van der Waals surface area contributed by atoms with Gasteiger partial charge in [0.2, 0.25) is 12.1 Å². The van der Waals surface area contributed by atoms with Gasteiger partial charge in [0.15, 0.2) is 0 Å². The quantitative estimate of drug-likeness (QED) is 0.112. The van der Waals surface area contributed by atoms with Crippen LogP contribution < -0.4 is 16.2 Å². The molecule has 3 aromatic heterocycles. The van der Waals surface area contributed by atoms with Gasteiger partial charge in [0, 0.05) is 46.8 Å². The molecule has 9 rings (SSSR count). The number of hydrogen-bond acceptors (Lipinski definition) is 7. The zero-order valence-corrected chi connectivity index (χ0v) is 32.8. The van der Waals surface area contributed by atoms with Crippen LogP contribution in [0.2, 0.25) is 0 Å². The number of carbonyl (C=O) groups is 1. The Labute approximate surface area is 328 Å². The Morgan fingerprint density at radius 2 is 1.50 bits per heavy atom. The van der Waals surface area contributed by atoms with E-state index in [4.69, 9.17) is 26.2 Å². The molecule has 6 N–H and O–H groups in total. The summed E-state index contributed by atoms with van der Waals surface area (Å²) in [6, 6.07) is 25.4. The van der Waals surface area contributed by atoms with Crippen molar-refractivity contribution in [2.75, 3.05) is 19.6 Å². The predicted molar refractivity (Wildman–Crippen MR) is 221 cm³/mol. The number of nitrogens with zero attached hydrogens (tertiary/aromatic N) is 5. The van der Waals surface area contributed by atoms with Crippen molar-refractivity contribution in [1.29, 1.82) is 0 Å². The molecule has 2 fully saturated rings. The first-order chi connectivity index (χ1) is 27.1. The van der Waals surface area contributed by atoms with Gasteiger partial charge in [-0.15, -0.1) is 0 Å². The van der Waals surface area contributed by atoms with Crippen molar-refractivity contribution in [3.63, 3.8) is 0 Å². The third kappa shape index (κ3) is 6.51. The summed E-state index contributed by atoms with van der Waals surface area (Å²) in [5, 5.41) is 1.12. The minimum Gasteiger partial charge on any atom is -0.465 e. The molecule has 5 atom stereocenters. The van der Waals surface area contributed by atoms with Crippen LogP contribution in [0.5, 0.6) is 5.75 Å². The average molecular weight is 752 g/mol.